The predicted molar refractivity (Wildman–Crippen MR) is 204 cm³/mol. The van der Waals surface area contributed by atoms with Crippen LogP contribution in [0.3, 0.4) is 0 Å². The molecule has 2 fully saturated rings. The van der Waals surface area contributed by atoms with Gasteiger partial charge in [0, 0.05) is 57.0 Å². The number of fused-ring (bicyclic) bond motifs is 1. The summed E-state index contributed by atoms with van der Waals surface area (Å²) in [6, 6.07) is 16.0. The quantitative estimate of drug-likeness (QED) is 0.0949. The number of aromatic hydroxyl groups is 2. The zero-order valence-corrected chi connectivity index (χ0v) is 30.6. The van der Waals surface area contributed by atoms with E-state index in [4.69, 9.17) is 15.0 Å². The lowest BCUT2D eigenvalue weighted by Gasteiger charge is -2.22. The molecule has 56 heavy (non-hydrogen) atoms. The maximum Gasteiger partial charge on any atom is 0.315 e. The summed E-state index contributed by atoms with van der Waals surface area (Å²) in [5.74, 6) is 1.48. The number of anilines is 2. The van der Waals surface area contributed by atoms with Gasteiger partial charge in [-0.25, -0.2) is 9.78 Å². The number of amides is 2. The first-order chi connectivity index (χ1) is 27.2. The molecule has 5 unspecified atom stereocenters. The van der Waals surface area contributed by atoms with Crippen LogP contribution < -0.4 is 20.9 Å². The Bertz CT molecular complexity index is 2220. The molecule has 0 spiro atoms. The lowest BCUT2D eigenvalue weighted by Crippen LogP contribution is -2.43. The third-order valence-corrected chi connectivity index (χ3v) is 10.5. The number of nitrogens with zero attached hydrogens (tertiary/aromatic N) is 10. The molecule has 1 aliphatic heterocycles. The van der Waals surface area contributed by atoms with Crippen molar-refractivity contribution in [2.24, 2.45) is 0 Å². The van der Waals surface area contributed by atoms with Crippen LogP contribution in [-0.4, -0.2) is 109 Å². The largest absolute Gasteiger partial charge is 0.508 e. The summed E-state index contributed by atoms with van der Waals surface area (Å²) in [7, 11) is 0. The number of imidazole rings is 1. The number of hydrogen-bond donors (Lipinski definition) is 7. The third kappa shape index (κ3) is 7.60. The molecule has 8 rings (SSSR count). The van der Waals surface area contributed by atoms with Gasteiger partial charge in [-0.1, -0.05) is 37.3 Å². The van der Waals surface area contributed by atoms with Crippen molar-refractivity contribution in [3.8, 4) is 11.5 Å². The highest BCUT2D eigenvalue weighted by Crippen LogP contribution is 2.40. The fourth-order valence-electron chi connectivity index (χ4n) is 7.46. The molecule has 1 saturated carbocycles. The summed E-state index contributed by atoms with van der Waals surface area (Å²) in [5, 5.41) is 64.7. The molecule has 4 aromatic heterocycles. The average Bonchev–Trinajstić information content (AvgIpc) is 4.03. The molecule has 1 saturated heterocycles. The Kier molecular flexibility index (Phi) is 10.3. The SMILES string of the molecule is CCc1nnn(C2CC(n3cnc4c(NCC(c5ccc(O)cc5)c5ccc(O)cc5)nc(N5CCC(NC(=O)NCc6cccnc6)C5)nc43)C(O)C2O)n1. The first-order valence-corrected chi connectivity index (χ1v) is 18.6. The fourth-order valence-corrected chi connectivity index (χ4v) is 7.46. The van der Waals surface area contributed by atoms with Crippen LogP contribution in [0.4, 0.5) is 16.6 Å². The maximum absolute atomic E-state index is 12.8. The van der Waals surface area contributed by atoms with Crippen LogP contribution in [0.25, 0.3) is 11.2 Å². The van der Waals surface area contributed by atoms with Gasteiger partial charge in [0.05, 0.1) is 12.4 Å². The Morgan fingerprint density at radius 1 is 0.964 bits per heavy atom. The van der Waals surface area contributed by atoms with E-state index in [1.54, 1.807) is 47.6 Å². The highest BCUT2D eigenvalue weighted by atomic mass is 16.3. The number of benzene rings is 2. The van der Waals surface area contributed by atoms with Gasteiger partial charge in [-0.3, -0.25) is 4.98 Å². The molecule has 1 aliphatic carbocycles. The van der Waals surface area contributed by atoms with E-state index >= 15 is 0 Å². The van der Waals surface area contributed by atoms with Gasteiger partial charge >= 0.3 is 6.03 Å². The van der Waals surface area contributed by atoms with Crippen LogP contribution in [-0.2, 0) is 13.0 Å². The molecule has 7 N–H and O–H groups in total. The van der Waals surface area contributed by atoms with Crippen molar-refractivity contribution in [3.63, 3.8) is 0 Å². The molecular formula is C38H43N13O5. The zero-order valence-electron chi connectivity index (χ0n) is 30.6. The van der Waals surface area contributed by atoms with Crippen molar-refractivity contribution in [1.29, 1.82) is 0 Å². The van der Waals surface area contributed by atoms with Crippen molar-refractivity contribution in [2.75, 3.05) is 29.9 Å². The molecule has 5 heterocycles. The fraction of sp³-hybridized carbons (Fsp3) is 0.368. The Morgan fingerprint density at radius 2 is 1.70 bits per heavy atom. The number of carbonyl (C=O) groups is 1. The van der Waals surface area contributed by atoms with E-state index in [-0.39, 0.29) is 29.5 Å². The minimum Gasteiger partial charge on any atom is -0.508 e. The number of phenols is 2. The number of nitrogens with one attached hydrogen (secondary N) is 3. The van der Waals surface area contributed by atoms with Gasteiger partial charge in [0.15, 0.2) is 22.8 Å². The number of urea groups is 1. The minimum atomic E-state index is -1.18. The molecule has 2 aliphatic rings. The first kappa shape index (κ1) is 36.6. The molecule has 290 valence electrons. The molecule has 18 heteroatoms. The summed E-state index contributed by atoms with van der Waals surface area (Å²) in [6.07, 6.45) is 4.18. The number of aryl methyl sites for hydroxylation is 1. The van der Waals surface area contributed by atoms with Gasteiger partial charge in [0.2, 0.25) is 5.95 Å². The Balaban J connectivity index is 1.09. The number of aromatic nitrogens is 9. The van der Waals surface area contributed by atoms with Gasteiger partial charge in [0.1, 0.15) is 29.7 Å². The highest BCUT2D eigenvalue weighted by molar-refractivity contribution is 5.84. The monoisotopic (exact) mass is 761 g/mol. The molecule has 5 atom stereocenters. The summed E-state index contributed by atoms with van der Waals surface area (Å²) >= 11 is 0. The van der Waals surface area contributed by atoms with Gasteiger partial charge in [-0.2, -0.15) is 14.8 Å². The second-order valence-electron chi connectivity index (χ2n) is 14.2. The van der Waals surface area contributed by atoms with E-state index < -0.39 is 24.3 Å². The first-order valence-electron chi connectivity index (χ1n) is 18.6. The minimum absolute atomic E-state index is 0.148. The Hall–Kier alpha value is -6.40. The van der Waals surface area contributed by atoms with Crippen molar-refractivity contribution >= 4 is 29.0 Å². The Labute approximate surface area is 321 Å². The molecule has 18 nitrogen and oxygen atoms in total. The molecule has 6 aromatic rings. The average molecular weight is 762 g/mol. The van der Waals surface area contributed by atoms with Crippen LogP contribution >= 0.6 is 0 Å². The van der Waals surface area contributed by atoms with Crippen LogP contribution in [0, 0.1) is 0 Å². The number of aliphatic hydroxyl groups is 2. The van der Waals surface area contributed by atoms with Crippen LogP contribution in [0.1, 0.15) is 60.3 Å². The number of carbonyl (C=O) groups excluding carboxylic acids is 1. The van der Waals surface area contributed by atoms with Crippen molar-refractivity contribution in [1.82, 2.24) is 55.3 Å². The Morgan fingerprint density at radius 3 is 2.38 bits per heavy atom. The molecule has 0 bridgehead atoms. The van der Waals surface area contributed by atoms with Crippen molar-refractivity contribution < 1.29 is 25.2 Å². The molecule has 2 aromatic carbocycles. The molecule has 2 amide bonds. The van der Waals surface area contributed by atoms with Crippen molar-refractivity contribution in [3.05, 3.63) is 102 Å². The van der Waals surface area contributed by atoms with E-state index in [0.29, 0.717) is 74.2 Å². The highest BCUT2D eigenvalue weighted by Gasteiger charge is 2.45. The predicted octanol–water partition coefficient (Wildman–Crippen LogP) is 2.41. The summed E-state index contributed by atoms with van der Waals surface area (Å²) < 4.78 is 1.77. The summed E-state index contributed by atoms with van der Waals surface area (Å²) in [6.45, 7) is 3.65. The van der Waals surface area contributed by atoms with E-state index in [1.807, 2.05) is 48.2 Å². The summed E-state index contributed by atoms with van der Waals surface area (Å²) in [4.78, 5) is 35.0. The number of pyridine rings is 1. The van der Waals surface area contributed by atoms with Gasteiger partial charge in [-0.15, -0.1) is 10.2 Å². The number of hydrogen-bond acceptors (Lipinski definition) is 14. The second kappa shape index (κ2) is 15.8. The lowest BCUT2D eigenvalue weighted by atomic mass is 9.91. The van der Waals surface area contributed by atoms with E-state index in [9.17, 15) is 25.2 Å². The molecule has 0 radical (unpaired) electrons. The van der Waals surface area contributed by atoms with Gasteiger partial charge in [-0.05, 0) is 65.1 Å². The summed E-state index contributed by atoms with van der Waals surface area (Å²) in [5.41, 5.74) is 3.65. The smallest absolute Gasteiger partial charge is 0.315 e. The number of aliphatic hydroxyl groups excluding tert-OH is 2. The van der Waals surface area contributed by atoms with Crippen molar-refractivity contribution in [2.45, 2.75) is 69.0 Å². The lowest BCUT2D eigenvalue weighted by molar-refractivity contribution is 0.00473. The van der Waals surface area contributed by atoms with Crippen LogP contribution in [0.2, 0.25) is 0 Å². The van der Waals surface area contributed by atoms with Crippen LogP contribution in [0.15, 0.2) is 79.4 Å². The van der Waals surface area contributed by atoms with E-state index in [0.717, 1.165) is 16.7 Å². The zero-order chi connectivity index (χ0) is 38.8. The third-order valence-electron chi connectivity index (χ3n) is 10.5. The maximum atomic E-state index is 12.8. The van der Waals surface area contributed by atoms with Crippen LogP contribution in [0.5, 0.6) is 11.5 Å². The van der Waals surface area contributed by atoms with E-state index in [2.05, 4.69) is 36.3 Å². The van der Waals surface area contributed by atoms with Gasteiger partial charge < -0.3 is 45.8 Å². The number of tetrazole rings is 1. The number of rotatable bonds is 12. The topological polar surface area (TPSA) is 237 Å². The normalized spacial score (nSPS) is 20.9. The van der Waals surface area contributed by atoms with Gasteiger partial charge in [0.25, 0.3) is 0 Å². The number of phenolic OH excluding ortho intramolecular Hbond substituents is 2. The second-order valence-corrected chi connectivity index (χ2v) is 14.2. The van der Waals surface area contributed by atoms with E-state index in [1.165, 1.54) is 4.80 Å². The standard InChI is InChI=1S/C38H43N13O5/c1-2-31-46-48-51(47-31)30-16-29(33(54)34(30)55)50-21-42-32-35(40-19-28(23-5-9-26(52)10-6-23)24-7-11-27(53)12-8-24)44-37(45-36(32)50)49-15-13-25(20-49)43-38(56)41-18-22-4-3-14-39-17-22/h3-12,14,17,21,25,28-30,33-34,52-55H,2,13,15-16,18-20H2,1H3,(H,40,44,45)(H2,41,43,56). The molecular weight excluding hydrogens is 719 g/mol.